The summed E-state index contributed by atoms with van der Waals surface area (Å²) in [5.41, 5.74) is 1.55. The number of fused-ring (bicyclic) bond motifs is 1. The summed E-state index contributed by atoms with van der Waals surface area (Å²) in [4.78, 5) is 0. The molecule has 3 nitrogen and oxygen atoms in total. The van der Waals surface area contributed by atoms with Crippen LogP contribution in [0.5, 0.6) is 0 Å². The largest absolute Gasteiger partial charge is 0.286 e. The number of nitrogens with zero attached hydrogens (tertiary/aromatic N) is 3. The molecule has 0 unspecified atom stereocenters. The second kappa shape index (κ2) is 4.38. The van der Waals surface area contributed by atoms with Gasteiger partial charge in [0.15, 0.2) is 5.65 Å². The molecule has 0 amide bonds. The summed E-state index contributed by atoms with van der Waals surface area (Å²) >= 11 is 5.88. The highest BCUT2D eigenvalue weighted by molar-refractivity contribution is 6.30. The maximum atomic E-state index is 13.1. The minimum atomic E-state index is -0.246. The second-order valence-electron chi connectivity index (χ2n) is 4.00. The minimum absolute atomic E-state index is 0.246. The Hall–Kier alpha value is -1.94. The van der Waals surface area contributed by atoms with Crippen LogP contribution in [-0.2, 0) is 6.42 Å². The Bertz CT molecular complexity index is 708. The molecule has 2 heterocycles. The van der Waals surface area contributed by atoms with Gasteiger partial charge in [-0.25, -0.2) is 4.39 Å². The molecule has 0 N–H and O–H groups in total. The van der Waals surface area contributed by atoms with Crippen LogP contribution < -0.4 is 0 Å². The molecule has 1 aromatic carbocycles. The maximum Gasteiger partial charge on any atom is 0.162 e. The van der Waals surface area contributed by atoms with E-state index in [1.807, 2.05) is 16.7 Å². The van der Waals surface area contributed by atoms with Gasteiger partial charge in [0.25, 0.3) is 0 Å². The predicted molar refractivity (Wildman–Crippen MR) is 67.2 cm³/mol. The number of hydrogen-bond donors (Lipinski definition) is 0. The monoisotopic (exact) mass is 261 g/mol. The fourth-order valence-electron chi connectivity index (χ4n) is 1.87. The van der Waals surface area contributed by atoms with Crippen molar-refractivity contribution in [2.24, 2.45) is 0 Å². The van der Waals surface area contributed by atoms with E-state index in [0.717, 1.165) is 11.4 Å². The molecule has 0 saturated carbocycles. The lowest BCUT2D eigenvalue weighted by Crippen LogP contribution is -1.96. The molecule has 3 aromatic rings. The standard InChI is InChI=1S/C13H9ClFN3/c14-10-4-5-18-12(16-17-13(18)8-10)7-9-2-1-3-11(15)6-9/h1-6,8H,7H2. The lowest BCUT2D eigenvalue weighted by atomic mass is 10.1. The summed E-state index contributed by atoms with van der Waals surface area (Å²) < 4.78 is 14.9. The Kier molecular flexibility index (Phi) is 2.72. The fourth-order valence-corrected chi connectivity index (χ4v) is 2.02. The van der Waals surface area contributed by atoms with E-state index in [0.29, 0.717) is 17.1 Å². The molecule has 0 aliphatic carbocycles. The van der Waals surface area contributed by atoms with E-state index in [9.17, 15) is 4.39 Å². The fraction of sp³-hybridized carbons (Fsp3) is 0.0769. The SMILES string of the molecule is Fc1cccc(Cc2nnc3cc(Cl)ccn23)c1. The van der Waals surface area contributed by atoms with Gasteiger partial charge in [-0.1, -0.05) is 23.7 Å². The Labute approximate surface area is 108 Å². The minimum Gasteiger partial charge on any atom is -0.286 e. The Morgan fingerprint density at radius 3 is 2.89 bits per heavy atom. The maximum absolute atomic E-state index is 13.1. The van der Waals surface area contributed by atoms with Gasteiger partial charge < -0.3 is 0 Å². The third-order valence-corrected chi connectivity index (χ3v) is 2.93. The number of benzene rings is 1. The summed E-state index contributed by atoms with van der Waals surface area (Å²) in [7, 11) is 0. The molecule has 0 atom stereocenters. The second-order valence-corrected chi connectivity index (χ2v) is 4.43. The first-order valence-electron chi connectivity index (χ1n) is 5.46. The van der Waals surface area contributed by atoms with Crippen molar-refractivity contribution in [3.05, 3.63) is 64.8 Å². The summed E-state index contributed by atoms with van der Waals surface area (Å²) in [6, 6.07) is 9.98. The van der Waals surface area contributed by atoms with Crippen LogP contribution in [-0.4, -0.2) is 14.6 Å². The van der Waals surface area contributed by atoms with Gasteiger partial charge in [0.1, 0.15) is 11.6 Å². The van der Waals surface area contributed by atoms with Crippen molar-refractivity contribution in [1.29, 1.82) is 0 Å². The Balaban J connectivity index is 2.00. The summed E-state index contributed by atoms with van der Waals surface area (Å²) in [6.45, 7) is 0. The first-order valence-corrected chi connectivity index (χ1v) is 5.84. The van der Waals surface area contributed by atoms with E-state index in [1.54, 1.807) is 18.2 Å². The molecule has 18 heavy (non-hydrogen) atoms. The average molecular weight is 262 g/mol. The molecule has 0 bridgehead atoms. The molecular formula is C13H9ClFN3. The zero-order valence-electron chi connectivity index (χ0n) is 9.35. The predicted octanol–water partition coefficient (Wildman–Crippen LogP) is 3.11. The van der Waals surface area contributed by atoms with Crippen LogP contribution in [0.2, 0.25) is 5.02 Å². The van der Waals surface area contributed by atoms with Crippen molar-refractivity contribution in [2.45, 2.75) is 6.42 Å². The highest BCUT2D eigenvalue weighted by Crippen LogP contribution is 2.14. The first kappa shape index (κ1) is 11.2. The molecule has 0 aliphatic heterocycles. The Morgan fingerprint density at radius 1 is 1.17 bits per heavy atom. The van der Waals surface area contributed by atoms with Gasteiger partial charge in [0.2, 0.25) is 0 Å². The van der Waals surface area contributed by atoms with Gasteiger partial charge in [0.05, 0.1) is 0 Å². The van der Waals surface area contributed by atoms with Crippen molar-refractivity contribution in [3.8, 4) is 0 Å². The first-order chi connectivity index (χ1) is 8.72. The molecule has 5 heteroatoms. The number of pyridine rings is 1. The van der Waals surface area contributed by atoms with Crippen molar-refractivity contribution in [1.82, 2.24) is 14.6 Å². The number of hydrogen-bond acceptors (Lipinski definition) is 2. The van der Waals surface area contributed by atoms with Gasteiger partial charge in [-0.15, -0.1) is 10.2 Å². The number of aromatic nitrogens is 3. The zero-order chi connectivity index (χ0) is 12.5. The zero-order valence-corrected chi connectivity index (χ0v) is 10.1. The topological polar surface area (TPSA) is 30.2 Å². The van der Waals surface area contributed by atoms with E-state index in [1.165, 1.54) is 12.1 Å². The van der Waals surface area contributed by atoms with Crippen LogP contribution in [0.1, 0.15) is 11.4 Å². The molecule has 3 rings (SSSR count). The normalized spacial score (nSPS) is 11.0. The molecular weight excluding hydrogens is 253 g/mol. The van der Waals surface area contributed by atoms with E-state index in [4.69, 9.17) is 11.6 Å². The molecule has 0 spiro atoms. The van der Waals surface area contributed by atoms with E-state index >= 15 is 0 Å². The summed E-state index contributed by atoms with van der Waals surface area (Å²) in [6.07, 6.45) is 2.34. The van der Waals surface area contributed by atoms with Crippen LogP contribution in [0, 0.1) is 5.82 Å². The van der Waals surface area contributed by atoms with Gasteiger partial charge in [-0.3, -0.25) is 4.40 Å². The van der Waals surface area contributed by atoms with Crippen LogP contribution in [0.4, 0.5) is 4.39 Å². The average Bonchev–Trinajstić information content (AvgIpc) is 2.72. The van der Waals surface area contributed by atoms with Crippen LogP contribution in [0.25, 0.3) is 5.65 Å². The van der Waals surface area contributed by atoms with Gasteiger partial charge in [-0.2, -0.15) is 0 Å². The van der Waals surface area contributed by atoms with Crippen molar-refractivity contribution in [2.75, 3.05) is 0 Å². The van der Waals surface area contributed by atoms with E-state index in [2.05, 4.69) is 10.2 Å². The van der Waals surface area contributed by atoms with Crippen molar-refractivity contribution in [3.63, 3.8) is 0 Å². The smallest absolute Gasteiger partial charge is 0.162 e. The highest BCUT2D eigenvalue weighted by Gasteiger charge is 2.07. The van der Waals surface area contributed by atoms with Crippen molar-refractivity contribution < 1.29 is 4.39 Å². The van der Waals surface area contributed by atoms with Crippen LogP contribution >= 0.6 is 11.6 Å². The summed E-state index contributed by atoms with van der Waals surface area (Å²) in [5.74, 6) is 0.511. The molecule has 0 aliphatic rings. The lowest BCUT2D eigenvalue weighted by molar-refractivity contribution is 0.625. The molecule has 2 aromatic heterocycles. The molecule has 0 saturated heterocycles. The lowest BCUT2D eigenvalue weighted by Gasteiger charge is -2.01. The summed E-state index contributed by atoms with van der Waals surface area (Å²) in [5, 5.41) is 8.74. The van der Waals surface area contributed by atoms with Crippen LogP contribution in [0.15, 0.2) is 42.6 Å². The molecule has 0 radical (unpaired) electrons. The quantitative estimate of drug-likeness (QED) is 0.710. The van der Waals surface area contributed by atoms with Crippen molar-refractivity contribution >= 4 is 17.2 Å². The van der Waals surface area contributed by atoms with Gasteiger partial charge in [-0.05, 0) is 23.8 Å². The molecule has 90 valence electrons. The third kappa shape index (κ3) is 2.07. The van der Waals surface area contributed by atoms with E-state index in [-0.39, 0.29) is 5.82 Å². The number of rotatable bonds is 2. The van der Waals surface area contributed by atoms with E-state index < -0.39 is 0 Å². The number of halogens is 2. The van der Waals surface area contributed by atoms with Crippen LogP contribution in [0.3, 0.4) is 0 Å². The van der Waals surface area contributed by atoms with Gasteiger partial charge in [0, 0.05) is 23.7 Å². The van der Waals surface area contributed by atoms with Gasteiger partial charge >= 0.3 is 0 Å². The Morgan fingerprint density at radius 2 is 2.06 bits per heavy atom. The highest BCUT2D eigenvalue weighted by atomic mass is 35.5. The third-order valence-electron chi connectivity index (χ3n) is 2.69. The molecule has 0 fully saturated rings.